The SMILES string of the molecule is CCC(C)(C)OC(=O)[C@]1(CC(C)C)C=C(COS(C)(=O)=O)[C@H](CS/C=C\NC)N1C(=O)c1ccc(C(C)(C)C)c(O)c1. The van der Waals surface area contributed by atoms with Crippen LogP contribution in [0.1, 0.15) is 84.2 Å². The van der Waals surface area contributed by atoms with Crippen molar-refractivity contribution in [1.29, 1.82) is 0 Å². The first-order valence-electron chi connectivity index (χ1n) is 14.2. The number of thioether (sulfide) groups is 1. The Morgan fingerprint density at radius 1 is 1.21 bits per heavy atom. The molecule has 0 unspecified atom stereocenters. The first-order chi connectivity index (χ1) is 19.3. The number of nitrogens with zero attached hydrogens (tertiary/aromatic N) is 1. The second-order valence-corrected chi connectivity index (χ2v) is 15.4. The highest BCUT2D eigenvalue weighted by molar-refractivity contribution is 8.02. The number of amides is 1. The van der Waals surface area contributed by atoms with Gasteiger partial charge in [-0.05, 0) is 72.8 Å². The van der Waals surface area contributed by atoms with Crippen molar-refractivity contribution in [1.82, 2.24) is 10.2 Å². The van der Waals surface area contributed by atoms with Gasteiger partial charge in [-0.1, -0.05) is 47.6 Å². The summed E-state index contributed by atoms with van der Waals surface area (Å²) in [5.41, 5.74) is -1.32. The summed E-state index contributed by atoms with van der Waals surface area (Å²) in [7, 11) is -2.05. The number of esters is 1. The Labute approximate surface area is 256 Å². The summed E-state index contributed by atoms with van der Waals surface area (Å²) in [6, 6.07) is 4.11. The predicted octanol–water partition coefficient (Wildman–Crippen LogP) is 5.36. The molecular formula is C31H48N2O7S2. The van der Waals surface area contributed by atoms with Gasteiger partial charge in [-0.15, -0.1) is 11.8 Å². The summed E-state index contributed by atoms with van der Waals surface area (Å²) < 4.78 is 35.3. The van der Waals surface area contributed by atoms with Crippen LogP contribution in [-0.2, 0) is 29.2 Å². The molecule has 0 spiro atoms. The molecule has 2 rings (SSSR count). The van der Waals surface area contributed by atoms with E-state index in [1.54, 1.807) is 31.5 Å². The van der Waals surface area contributed by atoms with Gasteiger partial charge in [-0.25, -0.2) is 4.79 Å². The van der Waals surface area contributed by atoms with Gasteiger partial charge in [0, 0.05) is 24.6 Å². The fourth-order valence-corrected chi connectivity index (χ4v) is 6.11. The van der Waals surface area contributed by atoms with Crippen LogP contribution in [0.25, 0.3) is 0 Å². The number of hydrogen-bond donors (Lipinski definition) is 2. The average molecular weight is 625 g/mol. The third-order valence-corrected chi connectivity index (χ3v) is 8.57. The van der Waals surface area contributed by atoms with Crippen molar-refractivity contribution < 1.29 is 32.0 Å². The van der Waals surface area contributed by atoms with Crippen molar-refractivity contribution in [3.05, 3.63) is 52.6 Å². The zero-order valence-corrected chi connectivity index (χ0v) is 28.2. The van der Waals surface area contributed by atoms with Gasteiger partial charge in [0.15, 0.2) is 5.54 Å². The molecule has 1 aliphatic rings. The molecule has 0 saturated heterocycles. The van der Waals surface area contributed by atoms with E-state index in [0.717, 1.165) is 6.26 Å². The van der Waals surface area contributed by atoms with Crippen molar-refractivity contribution in [3.63, 3.8) is 0 Å². The van der Waals surface area contributed by atoms with Crippen LogP contribution in [0.5, 0.6) is 5.75 Å². The van der Waals surface area contributed by atoms with E-state index in [1.165, 1.54) is 22.7 Å². The number of hydrogen-bond acceptors (Lipinski definition) is 9. The fourth-order valence-electron chi connectivity index (χ4n) is 4.87. The summed E-state index contributed by atoms with van der Waals surface area (Å²) in [6.45, 7) is 15.0. The molecule has 236 valence electrons. The Morgan fingerprint density at radius 3 is 2.36 bits per heavy atom. The molecule has 1 amide bonds. The number of rotatable bonds is 13. The zero-order valence-electron chi connectivity index (χ0n) is 26.6. The van der Waals surface area contributed by atoms with Gasteiger partial charge in [0.05, 0.1) is 18.9 Å². The van der Waals surface area contributed by atoms with Crippen molar-refractivity contribution in [2.75, 3.05) is 25.7 Å². The quantitative estimate of drug-likeness (QED) is 0.170. The van der Waals surface area contributed by atoms with Gasteiger partial charge < -0.3 is 20.1 Å². The number of carbonyl (C=O) groups is 2. The second-order valence-electron chi connectivity index (χ2n) is 12.8. The lowest BCUT2D eigenvalue weighted by Gasteiger charge is -2.42. The Balaban J connectivity index is 2.82. The van der Waals surface area contributed by atoms with E-state index < -0.39 is 39.2 Å². The molecular weight excluding hydrogens is 576 g/mol. The van der Waals surface area contributed by atoms with Crippen LogP contribution < -0.4 is 5.32 Å². The summed E-state index contributed by atoms with van der Waals surface area (Å²) in [4.78, 5) is 30.3. The molecule has 1 aliphatic heterocycles. The van der Waals surface area contributed by atoms with E-state index >= 15 is 0 Å². The molecule has 1 aromatic rings. The summed E-state index contributed by atoms with van der Waals surface area (Å²) in [6.07, 6.45) is 5.16. The smallest absolute Gasteiger partial charge is 0.336 e. The predicted molar refractivity (Wildman–Crippen MR) is 169 cm³/mol. The number of phenols is 1. The number of benzene rings is 1. The molecule has 1 heterocycles. The number of phenolic OH excluding ortho intramolecular Hbond substituents is 1. The largest absolute Gasteiger partial charge is 0.508 e. The Bertz CT molecular complexity index is 1300. The second kappa shape index (κ2) is 13.9. The van der Waals surface area contributed by atoms with Crippen LogP contribution in [0.3, 0.4) is 0 Å². The molecule has 1 aromatic carbocycles. The van der Waals surface area contributed by atoms with E-state index in [0.29, 0.717) is 23.3 Å². The zero-order chi connectivity index (χ0) is 32.1. The van der Waals surface area contributed by atoms with Crippen molar-refractivity contribution in [2.24, 2.45) is 5.92 Å². The lowest BCUT2D eigenvalue weighted by atomic mass is 9.85. The molecule has 0 aromatic heterocycles. The number of aromatic hydroxyl groups is 1. The van der Waals surface area contributed by atoms with Crippen LogP contribution in [0.2, 0.25) is 0 Å². The highest BCUT2D eigenvalue weighted by Crippen LogP contribution is 2.43. The van der Waals surface area contributed by atoms with Gasteiger partial charge in [-0.2, -0.15) is 8.42 Å². The number of ether oxygens (including phenoxy) is 1. The van der Waals surface area contributed by atoms with Gasteiger partial charge in [-0.3, -0.25) is 8.98 Å². The van der Waals surface area contributed by atoms with E-state index in [2.05, 4.69) is 5.32 Å². The maximum absolute atomic E-state index is 14.5. The van der Waals surface area contributed by atoms with Gasteiger partial charge in [0.2, 0.25) is 0 Å². The van der Waals surface area contributed by atoms with E-state index in [1.807, 2.05) is 60.8 Å². The van der Waals surface area contributed by atoms with Crippen LogP contribution in [0.15, 0.2) is 41.5 Å². The normalized spacial score (nSPS) is 19.8. The Hall–Kier alpha value is -2.50. The molecule has 0 fully saturated rings. The van der Waals surface area contributed by atoms with Crippen LogP contribution in [-0.4, -0.2) is 73.1 Å². The van der Waals surface area contributed by atoms with E-state index in [9.17, 15) is 23.1 Å². The molecule has 0 saturated carbocycles. The monoisotopic (exact) mass is 624 g/mol. The maximum atomic E-state index is 14.5. The van der Waals surface area contributed by atoms with Gasteiger partial charge in [0.1, 0.15) is 11.4 Å². The highest BCUT2D eigenvalue weighted by Gasteiger charge is 2.55. The Morgan fingerprint density at radius 2 is 1.86 bits per heavy atom. The first kappa shape index (κ1) is 35.7. The third-order valence-electron chi connectivity index (χ3n) is 7.18. The van der Waals surface area contributed by atoms with Crippen LogP contribution in [0.4, 0.5) is 0 Å². The minimum atomic E-state index is -3.82. The van der Waals surface area contributed by atoms with E-state index in [-0.39, 0.29) is 35.7 Å². The Kier molecular flexibility index (Phi) is 11.8. The van der Waals surface area contributed by atoms with Crippen molar-refractivity contribution >= 4 is 33.8 Å². The minimum Gasteiger partial charge on any atom is -0.508 e. The van der Waals surface area contributed by atoms with Gasteiger partial charge in [0.25, 0.3) is 16.0 Å². The maximum Gasteiger partial charge on any atom is 0.336 e. The number of carbonyl (C=O) groups excluding carboxylic acids is 2. The average Bonchev–Trinajstić information content (AvgIpc) is 3.16. The van der Waals surface area contributed by atoms with Crippen molar-refractivity contribution in [3.8, 4) is 5.75 Å². The molecule has 0 bridgehead atoms. The van der Waals surface area contributed by atoms with Crippen LogP contribution in [0, 0.1) is 5.92 Å². The lowest BCUT2D eigenvalue weighted by Crippen LogP contribution is -2.59. The molecule has 9 nitrogen and oxygen atoms in total. The number of nitrogens with one attached hydrogen (secondary N) is 1. The molecule has 0 aliphatic carbocycles. The fraction of sp³-hybridized carbons (Fsp3) is 0.613. The lowest BCUT2D eigenvalue weighted by molar-refractivity contribution is -0.168. The van der Waals surface area contributed by atoms with Crippen LogP contribution >= 0.6 is 11.8 Å². The van der Waals surface area contributed by atoms with E-state index in [4.69, 9.17) is 8.92 Å². The molecule has 42 heavy (non-hydrogen) atoms. The summed E-state index contributed by atoms with van der Waals surface area (Å²) in [5.74, 6) is -0.820. The molecule has 0 radical (unpaired) electrons. The molecule has 2 atom stereocenters. The highest BCUT2D eigenvalue weighted by atomic mass is 32.2. The molecule has 11 heteroatoms. The summed E-state index contributed by atoms with van der Waals surface area (Å²) in [5, 5.41) is 15.6. The topological polar surface area (TPSA) is 122 Å². The molecule has 2 N–H and O–H groups in total. The standard InChI is InChI=1S/C31H48N2O7S2/c1-11-30(7,8)40-28(36)31(17-21(2)3)18-23(19-39-42(10,37)38)25(20-41-15-14-32-9)33(31)27(35)22-12-13-24(26(34)16-22)29(4,5)6/h12-16,18,21,25,32,34H,11,17,19-20H2,1-10H3/b15-14-/t25-,31-/m0/s1. The third kappa shape index (κ3) is 9.00. The minimum absolute atomic E-state index is 0.0202. The van der Waals surface area contributed by atoms with Gasteiger partial charge >= 0.3 is 5.97 Å². The first-order valence-corrected chi connectivity index (χ1v) is 17.0. The summed E-state index contributed by atoms with van der Waals surface area (Å²) >= 11 is 1.40. The van der Waals surface area contributed by atoms with Crippen molar-refractivity contribution in [2.45, 2.75) is 90.8 Å².